The van der Waals surface area contributed by atoms with Gasteiger partial charge in [0.05, 0.1) is 17.3 Å². The second kappa shape index (κ2) is 7.92. The molecular formula is C15H20N2OS. The first-order chi connectivity index (χ1) is 9.38. The Kier molecular flexibility index (Phi) is 5.85. The zero-order chi connectivity index (χ0) is 13.3. The molecule has 19 heavy (non-hydrogen) atoms. The van der Waals surface area contributed by atoms with E-state index in [1.54, 1.807) is 11.3 Å². The van der Waals surface area contributed by atoms with Gasteiger partial charge in [-0.15, -0.1) is 11.3 Å². The molecule has 0 aliphatic carbocycles. The number of hydrogen-bond acceptors (Lipinski definition) is 4. The molecule has 0 amide bonds. The highest BCUT2D eigenvalue weighted by molar-refractivity contribution is 7.09. The molecule has 0 saturated heterocycles. The number of nitrogens with zero attached hydrogens (tertiary/aromatic N) is 1. The van der Waals surface area contributed by atoms with Crippen LogP contribution in [0.15, 0.2) is 35.7 Å². The van der Waals surface area contributed by atoms with E-state index in [1.807, 2.05) is 30.3 Å². The van der Waals surface area contributed by atoms with Crippen LogP contribution in [-0.4, -0.2) is 18.1 Å². The maximum absolute atomic E-state index is 5.63. The Labute approximate surface area is 118 Å². The van der Waals surface area contributed by atoms with Crippen LogP contribution >= 0.6 is 11.3 Å². The first-order valence-electron chi connectivity index (χ1n) is 6.70. The van der Waals surface area contributed by atoms with Crippen molar-refractivity contribution in [3.63, 3.8) is 0 Å². The van der Waals surface area contributed by atoms with Gasteiger partial charge in [0.15, 0.2) is 0 Å². The zero-order valence-corrected chi connectivity index (χ0v) is 12.1. The molecule has 0 unspecified atom stereocenters. The summed E-state index contributed by atoms with van der Waals surface area (Å²) < 4.78 is 5.63. The SMILES string of the molecule is CCc1nc(CNCCCOc2ccccc2)cs1. The van der Waals surface area contributed by atoms with Gasteiger partial charge in [-0.05, 0) is 31.5 Å². The van der Waals surface area contributed by atoms with E-state index in [0.717, 1.165) is 44.0 Å². The van der Waals surface area contributed by atoms with E-state index in [1.165, 1.54) is 5.01 Å². The average molecular weight is 276 g/mol. The maximum atomic E-state index is 5.63. The predicted molar refractivity (Wildman–Crippen MR) is 79.8 cm³/mol. The fourth-order valence-electron chi connectivity index (χ4n) is 1.71. The molecule has 2 aromatic rings. The van der Waals surface area contributed by atoms with Crippen molar-refractivity contribution in [2.45, 2.75) is 26.3 Å². The van der Waals surface area contributed by atoms with Crippen LogP contribution < -0.4 is 10.1 Å². The van der Waals surface area contributed by atoms with Crippen LogP contribution in [0.1, 0.15) is 24.0 Å². The highest BCUT2D eigenvalue weighted by atomic mass is 32.1. The molecule has 0 aliphatic heterocycles. The van der Waals surface area contributed by atoms with E-state index >= 15 is 0 Å². The highest BCUT2D eigenvalue weighted by Crippen LogP contribution is 2.10. The minimum absolute atomic E-state index is 0.744. The molecule has 0 bridgehead atoms. The Balaban J connectivity index is 1.55. The first kappa shape index (κ1) is 14.0. The molecule has 2 rings (SSSR count). The standard InChI is InChI=1S/C15H20N2OS/c1-2-15-17-13(12-19-15)11-16-9-6-10-18-14-7-4-3-5-8-14/h3-5,7-8,12,16H,2,6,9-11H2,1H3. The number of aryl methyl sites for hydroxylation is 1. The van der Waals surface area contributed by atoms with Crippen LogP contribution in [0, 0.1) is 0 Å². The summed E-state index contributed by atoms with van der Waals surface area (Å²) in [6, 6.07) is 9.93. The molecule has 102 valence electrons. The molecule has 3 nitrogen and oxygen atoms in total. The van der Waals surface area contributed by atoms with Crippen LogP contribution in [0.2, 0.25) is 0 Å². The number of rotatable bonds is 8. The molecule has 0 radical (unpaired) electrons. The van der Waals surface area contributed by atoms with E-state index < -0.39 is 0 Å². The molecule has 0 aliphatic rings. The molecule has 1 aromatic carbocycles. The lowest BCUT2D eigenvalue weighted by molar-refractivity contribution is 0.308. The lowest BCUT2D eigenvalue weighted by atomic mass is 10.3. The van der Waals surface area contributed by atoms with Crippen molar-refractivity contribution in [3.05, 3.63) is 46.4 Å². The summed E-state index contributed by atoms with van der Waals surface area (Å²) in [5.74, 6) is 0.939. The number of hydrogen-bond donors (Lipinski definition) is 1. The second-order valence-corrected chi connectivity index (χ2v) is 5.22. The quantitative estimate of drug-likeness (QED) is 0.751. The average Bonchev–Trinajstić information content (AvgIpc) is 2.92. The number of para-hydroxylation sites is 1. The number of nitrogens with one attached hydrogen (secondary N) is 1. The zero-order valence-electron chi connectivity index (χ0n) is 11.3. The number of thiazole rings is 1. The minimum Gasteiger partial charge on any atom is -0.494 e. The van der Waals surface area contributed by atoms with Gasteiger partial charge in [0.25, 0.3) is 0 Å². The Bertz CT molecular complexity index is 470. The molecule has 1 N–H and O–H groups in total. The third kappa shape index (κ3) is 5.01. The Morgan fingerprint density at radius 1 is 1.26 bits per heavy atom. The van der Waals surface area contributed by atoms with Gasteiger partial charge >= 0.3 is 0 Å². The van der Waals surface area contributed by atoms with Gasteiger partial charge in [-0.2, -0.15) is 0 Å². The molecule has 0 fully saturated rings. The second-order valence-electron chi connectivity index (χ2n) is 4.28. The van der Waals surface area contributed by atoms with E-state index in [-0.39, 0.29) is 0 Å². The van der Waals surface area contributed by atoms with Crippen molar-refractivity contribution in [1.29, 1.82) is 0 Å². The largest absolute Gasteiger partial charge is 0.494 e. The van der Waals surface area contributed by atoms with Crippen LogP contribution in [0.4, 0.5) is 0 Å². The highest BCUT2D eigenvalue weighted by Gasteiger charge is 1.99. The lowest BCUT2D eigenvalue weighted by Crippen LogP contribution is -2.17. The van der Waals surface area contributed by atoms with Crippen LogP contribution in [0.25, 0.3) is 0 Å². The van der Waals surface area contributed by atoms with Gasteiger partial charge in [0.1, 0.15) is 5.75 Å². The maximum Gasteiger partial charge on any atom is 0.119 e. The van der Waals surface area contributed by atoms with Crippen molar-refractivity contribution in [2.75, 3.05) is 13.2 Å². The van der Waals surface area contributed by atoms with E-state index in [9.17, 15) is 0 Å². The summed E-state index contributed by atoms with van der Waals surface area (Å²) in [6.07, 6.45) is 2.02. The van der Waals surface area contributed by atoms with Crippen molar-refractivity contribution in [2.24, 2.45) is 0 Å². The fraction of sp³-hybridized carbons (Fsp3) is 0.400. The van der Waals surface area contributed by atoms with Gasteiger partial charge in [0.2, 0.25) is 0 Å². The van der Waals surface area contributed by atoms with Crippen LogP contribution in [0.3, 0.4) is 0 Å². The molecular weight excluding hydrogens is 256 g/mol. The Morgan fingerprint density at radius 3 is 2.84 bits per heavy atom. The molecule has 0 atom stereocenters. The molecule has 0 spiro atoms. The van der Waals surface area contributed by atoms with Crippen molar-refractivity contribution >= 4 is 11.3 Å². The van der Waals surface area contributed by atoms with Crippen molar-refractivity contribution < 1.29 is 4.74 Å². The summed E-state index contributed by atoms with van der Waals surface area (Å²) in [5, 5.41) is 6.73. The summed E-state index contributed by atoms with van der Waals surface area (Å²) in [6.45, 7) is 4.68. The molecule has 1 heterocycles. The summed E-state index contributed by atoms with van der Waals surface area (Å²) in [5.41, 5.74) is 1.14. The van der Waals surface area contributed by atoms with Crippen LogP contribution in [-0.2, 0) is 13.0 Å². The first-order valence-corrected chi connectivity index (χ1v) is 7.58. The molecule has 1 aromatic heterocycles. The number of ether oxygens (including phenoxy) is 1. The van der Waals surface area contributed by atoms with Crippen molar-refractivity contribution in [1.82, 2.24) is 10.3 Å². The van der Waals surface area contributed by atoms with Gasteiger partial charge in [0, 0.05) is 11.9 Å². The van der Waals surface area contributed by atoms with Gasteiger partial charge in [-0.3, -0.25) is 0 Å². The van der Waals surface area contributed by atoms with Gasteiger partial charge in [-0.1, -0.05) is 25.1 Å². The Morgan fingerprint density at radius 2 is 2.11 bits per heavy atom. The van der Waals surface area contributed by atoms with Gasteiger partial charge < -0.3 is 10.1 Å². The topological polar surface area (TPSA) is 34.2 Å². The fourth-order valence-corrected chi connectivity index (χ4v) is 2.46. The summed E-state index contributed by atoms with van der Waals surface area (Å²) in [7, 11) is 0. The predicted octanol–water partition coefficient (Wildman–Crippen LogP) is 3.26. The van der Waals surface area contributed by atoms with E-state index in [4.69, 9.17) is 4.74 Å². The molecule has 4 heteroatoms. The van der Waals surface area contributed by atoms with Crippen molar-refractivity contribution in [3.8, 4) is 5.75 Å². The normalized spacial score (nSPS) is 10.6. The summed E-state index contributed by atoms with van der Waals surface area (Å²) >= 11 is 1.74. The third-order valence-electron chi connectivity index (χ3n) is 2.72. The number of benzene rings is 1. The molecule has 0 saturated carbocycles. The minimum atomic E-state index is 0.744. The lowest BCUT2D eigenvalue weighted by Gasteiger charge is -2.06. The summed E-state index contributed by atoms with van der Waals surface area (Å²) in [4.78, 5) is 4.52. The van der Waals surface area contributed by atoms with E-state index in [2.05, 4.69) is 22.6 Å². The Hall–Kier alpha value is -1.39. The van der Waals surface area contributed by atoms with Gasteiger partial charge in [-0.25, -0.2) is 4.98 Å². The van der Waals surface area contributed by atoms with E-state index in [0.29, 0.717) is 0 Å². The monoisotopic (exact) mass is 276 g/mol. The number of aromatic nitrogens is 1. The third-order valence-corrected chi connectivity index (χ3v) is 3.76. The van der Waals surface area contributed by atoms with Crippen LogP contribution in [0.5, 0.6) is 5.75 Å². The smallest absolute Gasteiger partial charge is 0.119 e.